The van der Waals surface area contributed by atoms with Crippen LogP contribution in [0.5, 0.6) is 0 Å². The maximum Gasteiger partial charge on any atom is 0.249 e. The Morgan fingerprint density at radius 1 is 1.35 bits per heavy atom. The molecule has 6 heteroatoms. The number of aromatic nitrogens is 2. The van der Waals surface area contributed by atoms with E-state index in [-0.39, 0.29) is 10.8 Å². The zero-order chi connectivity index (χ0) is 13.9. The molecule has 0 atom stereocenters. The van der Waals surface area contributed by atoms with E-state index in [0.29, 0.717) is 23.4 Å². The van der Waals surface area contributed by atoms with Crippen molar-refractivity contribution in [1.29, 1.82) is 0 Å². The van der Waals surface area contributed by atoms with Crippen LogP contribution in [0.3, 0.4) is 0 Å². The van der Waals surface area contributed by atoms with E-state index in [0.717, 1.165) is 19.4 Å². The van der Waals surface area contributed by atoms with Crippen molar-refractivity contribution in [3.05, 3.63) is 34.9 Å². The number of nitrogens with zero attached hydrogens (tertiary/aromatic N) is 2. The average molecular weight is 296 g/mol. The highest BCUT2D eigenvalue weighted by Crippen LogP contribution is 2.27. The minimum absolute atomic E-state index is 0.274. The van der Waals surface area contributed by atoms with E-state index in [4.69, 9.17) is 16.0 Å². The zero-order valence-electron chi connectivity index (χ0n) is 10.9. The molecule has 1 heterocycles. The fourth-order valence-corrected chi connectivity index (χ4v) is 2.21. The van der Waals surface area contributed by atoms with Crippen molar-refractivity contribution in [3.63, 3.8) is 0 Å². The predicted molar refractivity (Wildman–Crippen MR) is 74.0 cm³/mol. The van der Waals surface area contributed by atoms with Gasteiger partial charge in [0.25, 0.3) is 0 Å². The van der Waals surface area contributed by atoms with Gasteiger partial charge >= 0.3 is 0 Å². The van der Waals surface area contributed by atoms with E-state index in [9.17, 15) is 4.39 Å². The van der Waals surface area contributed by atoms with Gasteiger partial charge in [-0.3, -0.25) is 0 Å². The van der Waals surface area contributed by atoms with Crippen LogP contribution in [0.15, 0.2) is 22.6 Å². The molecule has 106 valence electrons. The van der Waals surface area contributed by atoms with E-state index >= 15 is 0 Å². The van der Waals surface area contributed by atoms with Gasteiger partial charge in [0.1, 0.15) is 5.82 Å². The molecular formula is C14H15ClFN3O. The van der Waals surface area contributed by atoms with Gasteiger partial charge in [-0.15, -0.1) is 10.2 Å². The third-order valence-corrected chi connectivity index (χ3v) is 3.52. The third-order valence-electron chi connectivity index (χ3n) is 3.21. The van der Waals surface area contributed by atoms with Gasteiger partial charge in [0.2, 0.25) is 11.8 Å². The van der Waals surface area contributed by atoms with Crippen LogP contribution in [0, 0.1) is 5.82 Å². The summed E-state index contributed by atoms with van der Waals surface area (Å²) in [6.07, 6.45) is 4.25. The minimum Gasteiger partial charge on any atom is -0.421 e. The van der Waals surface area contributed by atoms with Crippen molar-refractivity contribution in [2.45, 2.75) is 31.7 Å². The molecule has 1 aromatic carbocycles. The molecule has 1 fully saturated rings. The molecule has 1 aliphatic rings. The molecule has 3 rings (SSSR count). The van der Waals surface area contributed by atoms with Crippen LogP contribution in [0.25, 0.3) is 11.5 Å². The summed E-state index contributed by atoms with van der Waals surface area (Å²) in [5.74, 6) is 0.530. The van der Waals surface area contributed by atoms with E-state index in [1.54, 1.807) is 6.07 Å². The monoisotopic (exact) mass is 295 g/mol. The lowest BCUT2D eigenvalue weighted by atomic mass is 10.2. The molecule has 4 nitrogen and oxygen atoms in total. The maximum absolute atomic E-state index is 13.0. The quantitative estimate of drug-likeness (QED) is 0.831. The summed E-state index contributed by atoms with van der Waals surface area (Å²) in [6, 6.07) is 4.82. The number of hydrogen-bond acceptors (Lipinski definition) is 4. The summed E-state index contributed by atoms with van der Waals surface area (Å²) >= 11 is 5.96. The first kappa shape index (κ1) is 13.5. The average Bonchev–Trinajstić information content (AvgIpc) is 3.13. The van der Waals surface area contributed by atoms with Crippen LogP contribution in [-0.4, -0.2) is 22.8 Å². The number of hydrogen-bond donors (Lipinski definition) is 1. The lowest BCUT2D eigenvalue weighted by molar-refractivity contribution is 0.491. The predicted octanol–water partition coefficient (Wildman–Crippen LogP) is 3.21. The minimum atomic E-state index is -0.385. The molecule has 2 aromatic rings. The van der Waals surface area contributed by atoms with E-state index in [1.807, 2.05) is 0 Å². The lowest BCUT2D eigenvalue weighted by Crippen LogP contribution is -2.17. The van der Waals surface area contributed by atoms with Crippen LogP contribution < -0.4 is 5.32 Å². The van der Waals surface area contributed by atoms with Gasteiger partial charge in [0.15, 0.2) is 0 Å². The van der Waals surface area contributed by atoms with Crippen molar-refractivity contribution in [1.82, 2.24) is 15.5 Å². The summed E-state index contributed by atoms with van der Waals surface area (Å²) in [4.78, 5) is 0. The molecule has 0 bridgehead atoms. The topological polar surface area (TPSA) is 51.0 Å². The van der Waals surface area contributed by atoms with Crippen LogP contribution in [0.4, 0.5) is 4.39 Å². The second-order valence-electron chi connectivity index (χ2n) is 4.96. The number of aryl methyl sites for hydroxylation is 1. The Kier molecular flexibility index (Phi) is 3.98. The molecule has 0 amide bonds. The van der Waals surface area contributed by atoms with E-state index in [2.05, 4.69) is 15.5 Å². The van der Waals surface area contributed by atoms with Gasteiger partial charge in [-0.25, -0.2) is 4.39 Å². The highest BCUT2D eigenvalue weighted by atomic mass is 35.5. The molecule has 1 N–H and O–H groups in total. The number of benzene rings is 1. The highest BCUT2D eigenvalue weighted by molar-refractivity contribution is 6.33. The van der Waals surface area contributed by atoms with Crippen LogP contribution in [0.1, 0.15) is 25.2 Å². The first-order valence-corrected chi connectivity index (χ1v) is 7.11. The lowest BCUT2D eigenvalue weighted by Gasteiger charge is -2.00. The Morgan fingerprint density at radius 3 is 2.95 bits per heavy atom. The van der Waals surface area contributed by atoms with Gasteiger partial charge in [-0.1, -0.05) is 11.6 Å². The van der Waals surface area contributed by atoms with E-state index < -0.39 is 0 Å². The molecule has 20 heavy (non-hydrogen) atoms. The highest BCUT2D eigenvalue weighted by Gasteiger charge is 2.19. The van der Waals surface area contributed by atoms with Crippen molar-refractivity contribution in [3.8, 4) is 11.5 Å². The summed E-state index contributed by atoms with van der Waals surface area (Å²) in [6.45, 7) is 0.958. The van der Waals surface area contributed by atoms with Crippen molar-refractivity contribution in [2.24, 2.45) is 0 Å². The van der Waals surface area contributed by atoms with Crippen LogP contribution in [-0.2, 0) is 6.42 Å². The molecule has 0 aliphatic heterocycles. The molecule has 0 radical (unpaired) electrons. The van der Waals surface area contributed by atoms with Gasteiger partial charge in [-0.2, -0.15) is 0 Å². The summed E-state index contributed by atoms with van der Waals surface area (Å²) < 4.78 is 18.5. The van der Waals surface area contributed by atoms with E-state index in [1.165, 1.54) is 25.0 Å². The first-order valence-electron chi connectivity index (χ1n) is 6.73. The molecule has 1 aliphatic carbocycles. The Labute approximate surface area is 121 Å². The van der Waals surface area contributed by atoms with Gasteiger partial charge < -0.3 is 9.73 Å². The van der Waals surface area contributed by atoms with Crippen LogP contribution >= 0.6 is 11.6 Å². The van der Waals surface area contributed by atoms with Gasteiger partial charge in [-0.05, 0) is 44.0 Å². The SMILES string of the molecule is Fc1ccc(-c2nnc(CCCNC3CC3)o2)c(Cl)c1. The Morgan fingerprint density at radius 2 is 2.20 bits per heavy atom. The Balaban J connectivity index is 1.60. The fraction of sp³-hybridized carbons (Fsp3) is 0.429. The second kappa shape index (κ2) is 5.89. The molecule has 0 spiro atoms. The normalized spacial score (nSPS) is 14.7. The third kappa shape index (κ3) is 3.35. The van der Waals surface area contributed by atoms with Gasteiger partial charge in [0, 0.05) is 12.5 Å². The smallest absolute Gasteiger partial charge is 0.249 e. The second-order valence-corrected chi connectivity index (χ2v) is 5.36. The zero-order valence-corrected chi connectivity index (χ0v) is 11.7. The molecule has 1 aromatic heterocycles. The summed E-state index contributed by atoms with van der Waals surface area (Å²) in [5.41, 5.74) is 0.558. The number of nitrogens with one attached hydrogen (secondary N) is 1. The largest absolute Gasteiger partial charge is 0.421 e. The van der Waals surface area contributed by atoms with Crippen molar-refractivity contribution in [2.75, 3.05) is 6.54 Å². The molecule has 0 unspecified atom stereocenters. The fourth-order valence-electron chi connectivity index (χ4n) is 1.96. The van der Waals surface area contributed by atoms with Gasteiger partial charge in [0.05, 0.1) is 10.6 Å². The number of rotatable bonds is 6. The molecular weight excluding hydrogens is 281 g/mol. The molecule has 1 saturated carbocycles. The maximum atomic E-state index is 13.0. The Bertz CT molecular complexity index is 598. The standard InChI is InChI=1S/C14H15ClFN3O/c15-12-8-9(16)3-6-11(12)14-19-18-13(20-14)2-1-7-17-10-4-5-10/h3,6,8,10,17H,1-2,4-5,7H2. The van der Waals surface area contributed by atoms with Crippen LogP contribution in [0.2, 0.25) is 5.02 Å². The Hall–Kier alpha value is -1.46. The molecule has 0 saturated heterocycles. The van der Waals surface area contributed by atoms with Crippen molar-refractivity contribution < 1.29 is 8.81 Å². The van der Waals surface area contributed by atoms with Crippen molar-refractivity contribution >= 4 is 11.6 Å². The first-order chi connectivity index (χ1) is 9.72. The summed E-state index contributed by atoms with van der Waals surface area (Å²) in [5, 5.41) is 11.7. The summed E-state index contributed by atoms with van der Waals surface area (Å²) in [7, 11) is 0. The number of halogens is 2.